The summed E-state index contributed by atoms with van der Waals surface area (Å²) in [5.74, 6) is 9.26. The van der Waals surface area contributed by atoms with E-state index in [0.717, 1.165) is 35.9 Å². The van der Waals surface area contributed by atoms with Gasteiger partial charge in [-0.05, 0) is 37.5 Å². The molecule has 0 spiro atoms. The Kier molecular flexibility index (Phi) is 6.77. The third kappa shape index (κ3) is 5.03. The summed E-state index contributed by atoms with van der Waals surface area (Å²) in [6, 6.07) is 5.48. The van der Waals surface area contributed by atoms with Gasteiger partial charge in [-0.25, -0.2) is 4.68 Å². The molecule has 2 N–H and O–H groups in total. The van der Waals surface area contributed by atoms with Crippen LogP contribution in [0.25, 0.3) is 0 Å². The number of ketones is 1. The number of nitrogen functional groups attached to an aromatic ring is 1. The Bertz CT molecular complexity index is 784. The van der Waals surface area contributed by atoms with Crippen LogP contribution in [0.5, 0.6) is 5.75 Å². The third-order valence-corrected chi connectivity index (χ3v) is 6.27. The van der Waals surface area contributed by atoms with E-state index in [0.29, 0.717) is 16.5 Å². The average Bonchev–Trinajstić information content (AvgIpc) is 3.04. The van der Waals surface area contributed by atoms with E-state index < -0.39 is 0 Å². The summed E-state index contributed by atoms with van der Waals surface area (Å²) >= 11 is 1.51. The lowest BCUT2D eigenvalue weighted by Gasteiger charge is -2.20. The van der Waals surface area contributed by atoms with E-state index in [1.807, 2.05) is 12.1 Å². The highest BCUT2D eigenvalue weighted by molar-refractivity contribution is 7.98. The van der Waals surface area contributed by atoms with Gasteiger partial charge >= 0.3 is 0 Å². The predicted octanol–water partition coefficient (Wildman–Crippen LogP) is 4.01. The third-order valence-electron chi connectivity index (χ3n) is 5.28. The molecule has 1 aromatic carbocycles. The van der Waals surface area contributed by atoms with Crippen molar-refractivity contribution in [2.24, 2.45) is 5.92 Å². The van der Waals surface area contributed by atoms with Gasteiger partial charge in [0.2, 0.25) is 5.16 Å². The molecule has 0 radical (unpaired) electrons. The molecular formula is C20H28N4O2S. The van der Waals surface area contributed by atoms with Gasteiger partial charge in [0.25, 0.3) is 0 Å². The summed E-state index contributed by atoms with van der Waals surface area (Å²) in [7, 11) is 1.63. The first-order valence-corrected chi connectivity index (χ1v) is 10.6. The number of rotatable bonds is 8. The summed E-state index contributed by atoms with van der Waals surface area (Å²) in [6.45, 7) is 1.56. The van der Waals surface area contributed by atoms with Crippen molar-refractivity contribution < 1.29 is 9.53 Å². The largest absolute Gasteiger partial charge is 0.496 e. The molecule has 27 heavy (non-hydrogen) atoms. The van der Waals surface area contributed by atoms with Gasteiger partial charge in [-0.2, -0.15) is 0 Å². The number of methoxy groups -OCH3 is 1. The highest BCUT2D eigenvalue weighted by Crippen LogP contribution is 2.29. The van der Waals surface area contributed by atoms with E-state index in [1.54, 1.807) is 24.8 Å². The van der Waals surface area contributed by atoms with Gasteiger partial charge in [0.1, 0.15) is 5.75 Å². The zero-order chi connectivity index (χ0) is 19.2. The zero-order valence-electron chi connectivity index (χ0n) is 16.1. The molecular weight excluding hydrogens is 360 g/mol. The highest BCUT2D eigenvalue weighted by Gasteiger charge is 2.17. The number of hydrogen-bond donors (Lipinski definition) is 1. The van der Waals surface area contributed by atoms with E-state index in [-0.39, 0.29) is 5.78 Å². The fraction of sp³-hybridized carbons (Fsp3) is 0.550. The lowest BCUT2D eigenvalue weighted by Crippen LogP contribution is -2.16. The number of carbonyl (C=O) groups is 1. The smallest absolute Gasteiger partial charge is 0.210 e. The first-order chi connectivity index (χ1) is 13.1. The number of nitrogens with zero attached hydrogens (tertiary/aromatic N) is 3. The Morgan fingerprint density at radius 1 is 1.30 bits per heavy atom. The summed E-state index contributed by atoms with van der Waals surface area (Å²) in [5.41, 5.74) is 1.62. The molecule has 1 aromatic heterocycles. The number of thioether (sulfide) groups is 1. The minimum absolute atomic E-state index is 0.0379. The fourth-order valence-electron chi connectivity index (χ4n) is 3.64. The molecule has 0 amide bonds. The highest BCUT2D eigenvalue weighted by atomic mass is 32.2. The predicted molar refractivity (Wildman–Crippen MR) is 108 cm³/mol. The number of aromatic nitrogens is 3. The molecule has 1 aliphatic rings. The molecule has 1 saturated carbocycles. The van der Waals surface area contributed by atoms with Crippen LogP contribution in [0.2, 0.25) is 0 Å². The van der Waals surface area contributed by atoms with E-state index in [1.165, 1.54) is 43.9 Å². The van der Waals surface area contributed by atoms with Gasteiger partial charge in [-0.3, -0.25) is 4.79 Å². The summed E-state index contributed by atoms with van der Waals surface area (Å²) in [6.07, 6.45) is 8.73. The van der Waals surface area contributed by atoms with Crippen molar-refractivity contribution in [3.05, 3.63) is 35.2 Å². The quantitative estimate of drug-likeness (QED) is 0.418. The number of carbonyl (C=O) groups excluding carboxylic acids is 1. The topological polar surface area (TPSA) is 83.0 Å². The van der Waals surface area contributed by atoms with Gasteiger partial charge in [-0.15, -0.1) is 10.2 Å². The molecule has 3 rings (SSSR count). The van der Waals surface area contributed by atoms with Crippen molar-refractivity contribution >= 4 is 17.5 Å². The Morgan fingerprint density at radius 3 is 2.78 bits per heavy atom. The Labute approximate surface area is 164 Å². The van der Waals surface area contributed by atoms with Crippen molar-refractivity contribution in [2.75, 3.05) is 13.0 Å². The maximum atomic E-state index is 11.6. The number of Topliss-reactive ketones (excluding diaryl/α,β-unsaturated/α-hetero) is 1. The van der Waals surface area contributed by atoms with Crippen LogP contribution in [0.3, 0.4) is 0 Å². The number of ether oxygens (including phenoxy) is 1. The van der Waals surface area contributed by atoms with E-state index in [2.05, 4.69) is 10.2 Å². The first-order valence-electron chi connectivity index (χ1n) is 9.58. The lowest BCUT2D eigenvalue weighted by molar-refractivity contribution is 0.101. The van der Waals surface area contributed by atoms with Crippen LogP contribution >= 0.6 is 11.8 Å². The Morgan fingerprint density at radius 2 is 2.07 bits per heavy atom. The van der Waals surface area contributed by atoms with Crippen LogP contribution in [0.15, 0.2) is 23.4 Å². The van der Waals surface area contributed by atoms with Gasteiger partial charge < -0.3 is 10.6 Å². The van der Waals surface area contributed by atoms with Crippen LogP contribution in [0.1, 0.15) is 67.2 Å². The molecule has 0 unspecified atom stereocenters. The lowest BCUT2D eigenvalue weighted by atomic mass is 9.86. The van der Waals surface area contributed by atoms with Crippen LogP contribution < -0.4 is 10.6 Å². The Balaban J connectivity index is 1.62. The molecule has 0 atom stereocenters. The molecule has 1 heterocycles. The number of nitrogens with two attached hydrogens (primary N) is 1. The van der Waals surface area contributed by atoms with Crippen molar-refractivity contribution in [1.82, 2.24) is 14.9 Å². The summed E-state index contributed by atoms with van der Waals surface area (Å²) < 4.78 is 7.02. The van der Waals surface area contributed by atoms with Crippen molar-refractivity contribution in [1.29, 1.82) is 0 Å². The molecule has 0 bridgehead atoms. The van der Waals surface area contributed by atoms with Crippen molar-refractivity contribution in [3.63, 3.8) is 0 Å². The Hall–Kier alpha value is -2.02. The number of benzene rings is 1. The van der Waals surface area contributed by atoms with Gasteiger partial charge in [0.05, 0.1) is 7.11 Å². The van der Waals surface area contributed by atoms with Crippen molar-refractivity contribution in [2.45, 2.75) is 62.8 Å². The maximum absolute atomic E-state index is 11.6. The maximum Gasteiger partial charge on any atom is 0.210 e. The second kappa shape index (κ2) is 9.26. The minimum Gasteiger partial charge on any atom is -0.496 e. The van der Waals surface area contributed by atoms with Gasteiger partial charge in [-0.1, -0.05) is 43.9 Å². The van der Waals surface area contributed by atoms with Crippen LogP contribution in [-0.4, -0.2) is 27.8 Å². The molecule has 7 heteroatoms. The molecule has 0 saturated heterocycles. The second-order valence-corrected chi connectivity index (χ2v) is 8.13. The number of hydrogen-bond acceptors (Lipinski definition) is 6. The molecule has 2 aromatic rings. The molecule has 1 aliphatic carbocycles. The van der Waals surface area contributed by atoms with Gasteiger partial charge in [0.15, 0.2) is 11.6 Å². The summed E-state index contributed by atoms with van der Waals surface area (Å²) in [4.78, 5) is 11.6. The minimum atomic E-state index is 0.0379. The van der Waals surface area contributed by atoms with E-state index in [4.69, 9.17) is 10.6 Å². The van der Waals surface area contributed by atoms with Crippen LogP contribution in [-0.2, 0) is 12.2 Å². The zero-order valence-corrected chi connectivity index (χ0v) is 16.9. The van der Waals surface area contributed by atoms with Crippen molar-refractivity contribution in [3.8, 4) is 5.75 Å². The normalized spacial score (nSPS) is 15.0. The van der Waals surface area contributed by atoms with Gasteiger partial charge in [0, 0.05) is 23.3 Å². The molecule has 0 aliphatic heterocycles. The van der Waals surface area contributed by atoms with E-state index in [9.17, 15) is 4.79 Å². The monoisotopic (exact) mass is 388 g/mol. The number of aryl methyl sites for hydroxylation is 1. The second-order valence-electron chi connectivity index (χ2n) is 7.18. The SMILES string of the molecule is COc1ccc(C(C)=O)cc1CSc1nnc(CCC2CCCCC2)n1N. The molecule has 146 valence electrons. The molecule has 1 fully saturated rings. The first kappa shape index (κ1) is 19.7. The van der Waals surface area contributed by atoms with Crippen LogP contribution in [0, 0.1) is 5.92 Å². The van der Waals surface area contributed by atoms with Crippen LogP contribution in [0.4, 0.5) is 0 Å². The molecule has 6 nitrogen and oxygen atoms in total. The van der Waals surface area contributed by atoms with E-state index >= 15 is 0 Å². The fourth-order valence-corrected chi connectivity index (χ4v) is 4.49. The standard InChI is InChI=1S/C20H28N4O2S/c1-14(25)16-9-10-18(26-2)17(12-16)13-27-20-23-22-19(24(20)21)11-8-15-6-4-3-5-7-15/h9-10,12,15H,3-8,11,13,21H2,1-2H3. The summed E-state index contributed by atoms with van der Waals surface area (Å²) in [5, 5.41) is 9.22. The average molecular weight is 389 g/mol.